The highest BCUT2D eigenvalue weighted by atomic mass is 19.1. The second-order valence-electron chi connectivity index (χ2n) is 5.32. The predicted molar refractivity (Wildman–Crippen MR) is 85.9 cm³/mol. The Bertz CT molecular complexity index is 807. The highest BCUT2D eigenvalue weighted by molar-refractivity contribution is 5.93. The number of rotatable bonds is 4. The molecule has 116 valence electrons. The van der Waals surface area contributed by atoms with Crippen LogP contribution in [0.3, 0.4) is 0 Å². The molecule has 1 amide bonds. The molecule has 0 fully saturated rings. The number of amides is 1. The van der Waals surface area contributed by atoms with Gasteiger partial charge in [0, 0.05) is 12.7 Å². The molecule has 0 saturated carbocycles. The highest BCUT2D eigenvalue weighted by Crippen LogP contribution is 2.10. The lowest BCUT2D eigenvalue weighted by molar-refractivity contribution is 0.0951. The molecule has 0 bridgehead atoms. The Balaban J connectivity index is 1.66. The van der Waals surface area contributed by atoms with Crippen molar-refractivity contribution in [1.29, 1.82) is 0 Å². The largest absolute Gasteiger partial charge is 0.348 e. The normalized spacial score (nSPS) is 10.5. The Hall–Kier alpha value is -2.95. The van der Waals surface area contributed by atoms with Gasteiger partial charge in [-0.25, -0.2) is 9.07 Å². The Morgan fingerprint density at radius 3 is 2.52 bits per heavy atom. The quantitative estimate of drug-likeness (QED) is 0.804. The lowest BCUT2D eigenvalue weighted by Crippen LogP contribution is -2.22. The maximum absolute atomic E-state index is 12.9. The molecular weight excluding hydrogens is 293 g/mol. The van der Waals surface area contributed by atoms with E-state index in [0.717, 1.165) is 5.56 Å². The average molecular weight is 309 g/mol. The Morgan fingerprint density at radius 2 is 1.83 bits per heavy atom. The van der Waals surface area contributed by atoms with Gasteiger partial charge >= 0.3 is 0 Å². The number of carbonyl (C=O) groups excluding carboxylic acids is 1. The summed E-state index contributed by atoms with van der Waals surface area (Å²) >= 11 is 0. The lowest BCUT2D eigenvalue weighted by Gasteiger charge is -2.04. The fourth-order valence-corrected chi connectivity index (χ4v) is 2.17. The molecule has 0 radical (unpaired) electrons. The Morgan fingerprint density at radius 1 is 1.13 bits per heavy atom. The van der Waals surface area contributed by atoms with Gasteiger partial charge in [0.25, 0.3) is 5.91 Å². The smallest absolute Gasteiger partial charge is 0.254 e. The van der Waals surface area contributed by atoms with Crippen LogP contribution in [0, 0.1) is 12.7 Å². The van der Waals surface area contributed by atoms with E-state index < -0.39 is 0 Å². The number of carbonyl (C=O) groups is 1. The highest BCUT2D eigenvalue weighted by Gasteiger charge is 2.09. The van der Waals surface area contributed by atoms with Crippen molar-refractivity contribution in [2.24, 2.45) is 0 Å². The molecule has 1 aromatic heterocycles. The molecule has 2 aromatic carbocycles. The second-order valence-corrected chi connectivity index (χ2v) is 5.32. The monoisotopic (exact) mass is 309 g/mol. The number of hydrogen-bond donors (Lipinski definition) is 1. The number of aryl methyl sites for hydroxylation is 1. The van der Waals surface area contributed by atoms with Crippen molar-refractivity contribution in [3.63, 3.8) is 0 Å². The number of aromatic nitrogens is 2. The molecule has 0 saturated heterocycles. The summed E-state index contributed by atoms with van der Waals surface area (Å²) in [4.78, 5) is 12.2. The fourth-order valence-electron chi connectivity index (χ4n) is 2.17. The minimum absolute atomic E-state index is 0.195. The van der Waals surface area contributed by atoms with Gasteiger partial charge < -0.3 is 5.32 Å². The summed E-state index contributed by atoms with van der Waals surface area (Å²) in [7, 11) is 0. The maximum atomic E-state index is 12.9. The minimum atomic E-state index is -0.308. The van der Waals surface area contributed by atoms with Gasteiger partial charge in [0.1, 0.15) is 5.82 Å². The maximum Gasteiger partial charge on any atom is 0.254 e. The molecule has 3 rings (SSSR count). The van der Waals surface area contributed by atoms with E-state index in [-0.39, 0.29) is 11.7 Å². The fraction of sp³-hybridized carbons (Fsp3) is 0.111. The van der Waals surface area contributed by atoms with E-state index in [1.165, 1.54) is 23.9 Å². The number of benzene rings is 2. The molecule has 0 aliphatic rings. The predicted octanol–water partition coefficient (Wildman–Crippen LogP) is 3.25. The van der Waals surface area contributed by atoms with Crippen molar-refractivity contribution in [1.82, 2.24) is 15.1 Å². The van der Waals surface area contributed by atoms with Gasteiger partial charge in [-0.15, -0.1) is 0 Å². The molecular formula is C18H16FN3O. The first-order chi connectivity index (χ1) is 11.1. The van der Waals surface area contributed by atoms with Crippen molar-refractivity contribution in [3.05, 3.63) is 83.4 Å². The number of halogens is 1. The average Bonchev–Trinajstić information content (AvgIpc) is 3.05. The van der Waals surface area contributed by atoms with Crippen LogP contribution in [0.4, 0.5) is 4.39 Å². The third kappa shape index (κ3) is 3.63. The van der Waals surface area contributed by atoms with Crippen LogP contribution in [0.2, 0.25) is 0 Å². The van der Waals surface area contributed by atoms with Crippen LogP contribution < -0.4 is 5.32 Å². The van der Waals surface area contributed by atoms with Gasteiger partial charge in [0.2, 0.25) is 0 Å². The van der Waals surface area contributed by atoms with E-state index in [1.807, 2.05) is 31.2 Å². The van der Waals surface area contributed by atoms with Crippen LogP contribution in [-0.4, -0.2) is 15.7 Å². The zero-order valence-electron chi connectivity index (χ0n) is 12.7. The van der Waals surface area contributed by atoms with Crippen molar-refractivity contribution in [2.75, 3.05) is 0 Å². The second kappa shape index (κ2) is 6.44. The van der Waals surface area contributed by atoms with Crippen LogP contribution in [0.25, 0.3) is 5.69 Å². The zero-order chi connectivity index (χ0) is 16.2. The van der Waals surface area contributed by atoms with E-state index >= 15 is 0 Å². The van der Waals surface area contributed by atoms with Crippen LogP contribution in [0.5, 0.6) is 0 Å². The molecule has 0 unspecified atom stereocenters. The van der Waals surface area contributed by atoms with Crippen LogP contribution in [0.1, 0.15) is 21.5 Å². The molecule has 1 heterocycles. The van der Waals surface area contributed by atoms with Gasteiger partial charge in [-0.3, -0.25) is 4.79 Å². The first-order valence-electron chi connectivity index (χ1n) is 7.26. The lowest BCUT2D eigenvalue weighted by atomic mass is 10.1. The van der Waals surface area contributed by atoms with E-state index in [9.17, 15) is 9.18 Å². The molecule has 5 heteroatoms. The molecule has 0 aliphatic carbocycles. The zero-order valence-corrected chi connectivity index (χ0v) is 12.7. The topological polar surface area (TPSA) is 46.9 Å². The molecule has 1 N–H and O–H groups in total. The Kier molecular flexibility index (Phi) is 4.19. The standard InChI is InChI=1S/C18H16FN3O/c1-13-2-4-14(5-3-13)10-20-18(23)15-11-21-22(12-15)17-8-6-16(19)7-9-17/h2-9,11-12H,10H2,1H3,(H,20,23). The first-order valence-corrected chi connectivity index (χ1v) is 7.26. The molecule has 4 nitrogen and oxygen atoms in total. The third-order valence-corrected chi connectivity index (χ3v) is 3.51. The summed E-state index contributed by atoms with van der Waals surface area (Å²) < 4.78 is 14.5. The van der Waals surface area contributed by atoms with Crippen LogP contribution in [-0.2, 0) is 6.54 Å². The van der Waals surface area contributed by atoms with E-state index in [1.54, 1.807) is 23.0 Å². The number of nitrogens with one attached hydrogen (secondary N) is 1. The molecule has 0 spiro atoms. The summed E-state index contributed by atoms with van der Waals surface area (Å²) in [5.74, 6) is -0.504. The SMILES string of the molecule is Cc1ccc(CNC(=O)c2cnn(-c3ccc(F)cc3)c2)cc1. The molecule has 0 aliphatic heterocycles. The van der Waals surface area contributed by atoms with E-state index in [4.69, 9.17) is 0 Å². The van der Waals surface area contributed by atoms with Gasteiger partial charge in [0.05, 0.1) is 17.4 Å². The van der Waals surface area contributed by atoms with Crippen molar-refractivity contribution in [2.45, 2.75) is 13.5 Å². The Labute approximate surface area is 133 Å². The van der Waals surface area contributed by atoms with E-state index in [0.29, 0.717) is 17.8 Å². The van der Waals surface area contributed by atoms with Gasteiger partial charge in [-0.2, -0.15) is 5.10 Å². The van der Waals surface area contributed by atoms with Gasteiger partial charge in [-0.1, -0.05) is 29.8 Å². The first kappa shape index (κ1) is 15.0. The summed E-state index contributed by atoms with van der Waals surface area (Å²) in [6.07, 6.45) is 3.12. The molecule has 3 aromatic rings. The number of hydrogen-bond acceptors (Lipinski definition) is 2. The van der Waals surface area contributed by atoms with Crippen molar-refractivity contribution in [3.8, 4) is 5.69 Å². The van der Waals surface area contributed by atoms with E-state index in [2.05, 4.69) is 10.4 Å². The van der Waals surface area contributed by atoms with Crippen molar-refractivity contribution >= 4 is 5.91 Å². The van der Waals surface area contributed by atoms with Gasteiger partial charge in [-0.05, 0) is 36.8 Å². The summed E-state index contributed by atoms with van der Waals surface area (Å²) in [6, 6.07) is 13.9. The summed E-state index contributed by atoms with van der Waals surface area (Å²) in [5.41, 5.74) is 3.38. The molecule has 23 heavy (non-hydrogen) atoms. The third-order valence-electron chi connectivity index (χ3n) is 3.51. The van der Waals surface area contributed by atoms with Crippen LogP contribution >= 0.6 is 0 Å². The summed E-state index contributed by atoms with van der Waals surface area (Å²) in [6.45, 7) is 2.48. The summed E-state index contributed by atoms with van der Waals surface area (Å²) in [5, 5.41) is 6.99. The van der Waals surface area contributed by atoms with Crippen LogP contribution in [0.15, 0.2) is 60.9 Å². The molecule has 0 atom stereocenters. The minimum Gasteiger partial charge on any atom is -0.348 e. The van der Waals surface area contributed by atoms with Gasteiger partial charge in [0.15, 0.2) is 0 Å². The van der Waals surface area contributed by atoms with Crippen molar-refractivity contribution < 1.29 is 9.18 Å². The number of nitrogens with zero attached hydrogens (tertiary/aromatic N) is 2.